The third kappa shape index (κ3) is 1.76. The molecule has 1 aliphatic carbocycles. The Labute approximate surface area is 107 Å². The zero-order valence-electron chi connectivity index (χ0n) is 10.5. The number of rotatable bonds is 3. The first-order valence-corrected chi connectivity index (χ1v) is 6.45. The maximum Gasteiger partial charge on any atom is 0.129 e. The molecule has 0 bridgehead atoms. The quantitative estimate of drug-likeness (QED) is 0.781. The van der Waals surface area contributed by atoms with Crippen LogP contribution >= 0.6 is 0 Å². The van der Waals surface area contributed by atoms with E-state index >= 15 is 0 Å². The molecule has 1 aliphatic rings. The lowest BCUT2D eigenvalue weighted by Gasteiger charge is -2.12. The highest BCUT2D eigenvalue weighted by Crippen LogP contribution is 2.46. The molecule has 18 heavy (non-hydrogen) atoms. The number of benzene rings is 2. The fourth-order valence-electron chi connectivity index (χ4n) is 2.92. The molecule has 0 heterocycles. The second-order valence-corrected chi connectivity index (χ2v) is 4.97. The Hall–Kier alpha value is -1.89. The van der Waals surface area contributed by atoms with Crippen molar-refractivity contribution in [2.75, 3.05) is 0 Å². The van der Waals surface area contributed by atoms with E-state index in [2.05, 4.69) is 48.5 Å². The van der Waals surface area contributed by atoms with E-state index in [9.17, 15) is 4.79 Å². The SMILES string of the molecule is CC(=O)CCC1c2ccccc2-c2ccccc21. The van der Waals surface area contributed by atoms with Crippen LogP contribution in [0.15, 0.2) is 48.5 Å². The summed E-state index contributed by atoms with van der Waals surface area (Å²) in [5, 5.41) is 0. The highest BCUT2D eigenvalue weighted by molar-refractivity contribution is 5.80. The van der Waals surface area contributed by atoms with Gasteiger partial charge >= 0.3 is 0 Å². The molecule has 0 N–H and O–H groups in total. The number of hydrogen-bond acceptors (Lipinski definition) is 1. The zero-order chi connectivity index (χ0) is 12.5. The van der Waals surface area contributed by atoms with Gasteiger partial charge in [0.2, 0.25) is 0 Å². The van der Waals surface area contributed by atoms with Crippen LogP contribution in [0.3, 0.4) is 0 Å². The fraction of sp³-hybridized carbons (Fsp3) is 0.235. The van der Waals surface area contributed by atoms with Gasteiger partial charge in [-0.1, -0.05) is 48.5 Å². The fourth-order valence-corrected chi connectivity index (χ4v) is 2.92. The first-order valence-electron chi connectivity index (χ1n) is 6.45. The van der Waals surface area contributed by atoms with Gasteiger partial charge in [-0.25, -0.2) is 0 Å². The number of carbonyl (C=O) groups excluding carboxylic acids is 1. The van der Waals surface area contributed by atoms with Crippen molar-refractivity contribution in [1.29, 1.82) is 0 Å². The van der Waals surface area contributed by atoms with Crippen molar-refractivity contribution in [3.05, 3.63) is 59.7 Å². The number of fused-ring (bicyclic) bond motifs is 3. The molecule has 0 spiro atoms. The Balaban J connectivity index is 2.06. The normalized spacial score (nSPS) is 13.2. The molecule has 2 aromatic rings. The molecule has 1 nitrogen and oxygen atoms in total. The van der Waals surface area contributed by atoms with Crippen LogP contribution in [0, 0.1) is 0 Å². The van der Waals surface area contributed by atoms with E-state index < -0.39 is 0 Å². The molecule has 0 unspecified atom stereocenters. The summed E-state index contributed by atoms with van der Waals surface area (Å²) in [5.41, 5.74) is 5.42. The lowest BCUT2D eigenvalue weighted by molar-refractivity contribution is -0.117. The Bertz CT molecular complexity index is 553. The highest BCUT2D eigenvalue weighted by atomic mass is 16.1. The first-order chi connectivity index (χ1) is 8.77. The largest absolute Gasteiger partial charge is 0.300 e. The van der Waals surface area contributed by atoms with Crippen LogP contribution in [0.1, 0.15) is 36.8 Å². The van der Waals surface area contributed by atoms with Crippen molar-refractivity contribution in [3.8, 4) is 11.1 Å². The van der Waals surface area contributed by atoms with E-state index in [4.69, 9.17) is 0 Å². The highest BCUT2D eigenvalue weighted by Gasteiger charge is 2.27. The van der Waals surface area contributed by atoms with Crippen LogP contribution in [-0.2, 0) is 4.79 Å². The zero-order valence-corrected chi connectivity index (χ0v) is 10.5. The van der Waals surface area contributed by atoms with Gasteiger partial charge in [-0.05, 0) is 35.6 Å². The third-order valence-electron chi connectivity index (χ3n) is 3.75. The lowest BCUT2D eigenvalue weighted by Crippen LogP contribution is -2.00. The van der Waals surface area contributed by atoms with Crippen molar-refractivity contribution < 1.29 is 4.79 Å². The summed E-state index contributed by atoms with van der Waals surface area (Å²) in [4.78, 5) is 11.2. The van der Waals surface area contributed by atoms with E-state index in [0.717, 1.165) is 6.42 Å². The van der Waals surface area contributed by atoms with Gasteiger partial charge in [-0.15, -0.1) is 0 Å². The summed E-state index contributed by atoms with van der Waals surface area (Å²) in [6.07, 6.45) is 1.58. The van der Waals surface area contributed by atoms with Gasteiger partial charge in [0, 0.05) is 12.3 Å². The molecule has 0 radical (unpaired) electrons. The standard InChI is InChI=1S/C17H16O/c1-12(18)10-11-17-15-8-4-2-6-13(15)14-7-3-5-9-16(14)17/h2-9,17H,10-11H2,1H3. The Morgan fingerprint density at radius 1 is 0.944 bits per heavy atom. The van der Waals surface area contributed by atoms with Gasteiger partial charge in [-0.2, -0.15) is 0 Å². The maximum atomic E-state index is 11.2. The average molecular weight is 236 g/mol. The van der Waals surface area contributed by atoms with E-state index in [1.807, 2.05) is 0 Å². The van der Waals surface area contributed by atoms with Crippen LogP contribution in [-0.4, -0.2) is 5.78 Å². The molecule has 0 saturated heterocycles. The van der Waals surface area contributed by atoms with Crippen LogP contribution < -0.4 is 0 Å². The molecule has 0 amide bonds. The lowest BCUT2D eigenvalue weighted by atomic mass is 9.91. The predicted molar refractivity (Wildman–Crippen MR) is 73.6 cm³/mol. The number of Topliss-reactive ketones (excluding diaryl/α,β-unsaturated/α-hetero) is 1. The van der Waals surface area contributed by atoms with Gasteiger partial charge in [0.05, 0.1) is 0 Å². The minimum absolute atomic E-state index is 0.275. The van der Waals surface area contributed by atoms with Crippen LogP contribution in [0.25, 0.3) is 11.1 Å². The van der Waals surface area contributed by atoms with Gasteiger partial charge in [0.25, 0.3) is 0 Å². The molecular weight excluding hydrogens is 220 g/mol. The summed E-state index contributed by atoms with van der Waals surface area (Å²) < 4.78 is 0. The Kier molecular flexibility index (Phi) is 2.75. The topological polar surface area (TPSA) is 17.1 Å². The second-order valence-electron chi connectivity index (χ2n) is 4.97. The average Bonchev–Trinajstić information content (AvgIpc) is 2.71. The number of hydrogen-bond donors (Lipinski definition) is 0. The van der Waals surface area contributed by atoms with E-state index in [1.165, 1.54) is 22.3 Å². The molecule has 0 aliphatic heterocycles. The predicted octanol–water partition coefficient (Wildman–Crippen LogP) is 4.17. The molecule has 3 rings (SSSR count). The molecule has 0 fully saturated rings. The van der Waals surface area contributed by atoms with Gasteiger partial charge < -0.3 is 4.79 Å². The minimum Gasteiger partial charge on any atom is -0.300 e. The van der Waals surface area contributed by atoms with Crippen LogP contribution in [0.2, 0.25) is 0 Å². The monoisotopic (exact) mass is 236 g/mol. The van der Waals surface area contributed by atoms with E-state index in [-0.39, 0.29) is 5.78 Å². The molecule has 1 heteroatoms. The summed E-state index contributed by atoms with van der Waals surface area (Å²) in [5.74, 6) is 0.665. The van der Waals surface area contributed by atoms with Crippen molar-refractivity contribution in [2.24, 2.45) is 0 Å². The van der Waals surface area contributed by atoms with Crippen LogP contribution in [0.4, 0.5) is 0 Å². The third-order valence-corrected chi connectivity index (χ3v) is 3.75. The summed E-state index contributed by atoms with van der Waals surface area (Å²) >= 11 is 0. The molecule has 90 valence electrons. The molecule has 0 atom stereocenters. The summed E-state index contributed by atoms with van der Waals surface area (Å²) in [6.45, 7) is 1.67. The summed E-state index contributed by atoms with van der Waals surface area (Å²) in [7, 11) is 0. The molecular formula is C17H16O. The van der Waals surface area contributed by atoms with E-state index in [1.54, 1.807) is 6.92 Å². The molecule has 2 aromatic carbocycles. The van der Waals surface area contributed by atoms with Crippen molar-refractivity contribution in [2.45, 2.75) is 25.7 Å². The number of ketones is 1. The van der Waals surface area contributed by atoms with Gasteiger partial charge in [0.1, 0.15) is 5.78 Å². The minimum atomic E-state index is 0.275. The van der Waals surface area contributed by atoms with Crippen LogP contribution in [0.5, 0.6) is 0 Å². The Morgan fingerprint density at radius 2 is 1.44 bits per heavy atom. The summed E-state index contributed by atoms with van der Waals surface area (Å²) in [6, 6.07) is 17.1. The first kappa shape index (κ1) is 11.2. The number of carbonyl (C=O) groups is 1. The van der Waals surface area contributed by atoms with Crippen molar-refractivity contribution in [3.63, 3.8) is 0 Å². The van der Waals surface area contributed by atoms with Gasteiger partial charge in [0.15, 0.2) is 0 Å². The van der Waals surface area contributed by atoms with E-state index in [0.29, 0.717) is 12.3 Å². The van der Waals surface area contributed by atoms with Crippen molar-refractivity contribution >= 4 is 5.78 Å². The van der Waals surface area contributed by atoms with Crippen molar-refractivity contribution in [1.82, 2.24) is 0 Å². The maximum absolute atomic E-state index is 11.2. The van der Waals surface area contributed by atoms with Gasteiger partial charge in [-0.3, -0.25) is 0 Å². The Morgan fingerprint density at radius 3 is 1.94 bits per heavy atom. The molecule has 0 aromatic heterocycles. The smallest absolute Gasteiger partial charge is 0.129 e. The second kappa shape index (κ2) is 4.41. The molecule has 0 saturated carbocycles.